The fourth-order valence-corrected chi connectivity index (χ4v) is 3.73. The zero-order valence-electron chi connectivity index (χ0n) is 21.2. The molecule has 0 radical (unpaired) electrons. The molecule has 34 heavy (non-hydrogen) atoms. The monoisotopic (exact) mass is 466 g/mol. The second-order valence-electron chi connectivity index (χ2n) is 11.0. The van der Waals surface area contributed by atoms with Crippen molar-refractivity contribution in [2.45, 2.75) is 77.8 Å². The zero-order valence-corrected chi connectivity index (χ0v) is 21.2. The summed E-state index contributed by atoms with van der Waals surface area (Å²) in [4.78, 5) is 4.53. The second kappa shape index (κ2) is 8.19. The Balaban J connectivity index is 1.53. The van der Waals surface area contributed by atoms with Crippen molar-refractivity contribution in [3.8, 4) is 0 Å². The van der Waals surface area contributed by atoms with Gasteiger partial charge in [-0.3, -0.25) is 4.99 Å². The molecule has 2 heterocycles. The highest BCUT2D eigenvalue weighted by Crippen LogP contribution is 2.37. The molecule has 0 unspecified atom stereocenters. The minimum atomic E-state index is -0.822. The van der Waals surface area contributed by atoms with Crippen molar-refractivity contribution < 1.29 is 23.0 Å². The first kappa shape index (κ1) is 24.9. The Morgan fingerprint density at radius 2 is 1.24 bits per heavy atom. The molecule has 2 aromatic rings. The van der Waals surface area contributed by atoms with Gasteiger partial charge in [-0.1, -0.05) is 12.1 Å². The number of hydrogen-bond donors (Lipinski definition) is 1. The van der Waals surface area contributed by atoms with Gasteiger partial charge in [0.2, 0.25) is 0 Å². The second-order valence-corrected chi connectivity index (χ2v) is 11.0. The first-order chi connectivity index (χ1) is 15.6. The van der Waals surface area contributed by atoms with E-state index in [-0.39, 0.29) is 5.69 Å². The summed E-state index contributed by atoms with van der Waals surface area (Å²) in [7, 11) is -1.25. The summed E-state index contributed by atoms with van der Waals surface area (Å²) in [5.41, 5.74) is 6.94. The summed E-state index contributed by atoms with van der Waals surface area (Å²) >= 11 is 0. The topological polar surface area (TPSA) is 75.3 Å². The number of anilines is 1. The molecule has 0 amide bonds. The van der Waals surface area contributed by atoms with Gasteiger partial charge in [-0.2, -0.15) is 0 Å². The normalized spacial score (nSPS) is 22.6. The lowest BCUT2D eigenvalue weighted by atomic mass is 9.77. The number of rotatable bonds is 4. The summed E-state index contributed by atoms with van der Waals surface area (Å²) < 4.78 is 39.0. The third-order valence-electron chi connectivity index (χ3n) is 7.48. The molecule has 2 aliphatic rings. The van der Waals surface area contributed by atoms with Gasteiger partial charge < -0.3 is 24.4 Å². The van der Waals surface area contributed by atoms with E-state index in [1.807, 2.05) is 79.7 Å². The molecule has 6 nitrogen and oxygen atoms in total. The number of nitrogens with two attached hydrogens (primary N) is 1. The van der Waals surface area contributed by atoms with Crippen LogP contribution in [0.2, 0.25) is 0 Å². The maximum atomic E-state index is 14.7. The SMILES string of the molecule is CC1(C)OB(c2ccc(N=Cc3cc(B4OC(C)(C)C(C)(C)O4)c(F)cc3N)cc2)OC1(C)C. The third kappa shape index (κ3) is 4.42. The number of nitrogen functional groups attached to an aromatic ring is 1. The van der Waals surface area contributed by atoms with E-state index in [9.17, 15) is 4.39 Å². The van der Waals surface area contributed by atoms with Crippen LogP contribution in [0.3, 0.4) is 0 Å². The molecular weight excluding hydrogens is 433 g/mol. The number of hydrogen-bond acceptors (Lipinski definition) is 6. The lowest BCUT2D eigenvalue weighted by Crippen LogP contribution is -2.41. The molecule has 2 saturated heterocycles. The Hall–Kier alpha value is -2.19. The summed E-state index contributed by atoms with van der Waals surface area (Å²) in [5.74, 6) is -0.472. The van der Waals surface area contributed by atoms with Gasteiger partial charge in [-0.25, -0.2) is 4.39 Å². The summed E-state index contributed by atoms with van der Waals surface area (Å²) in [6, 6.07) is 10.5. The first-order valence-corrected chi connectivity index (χ1v) is 11.6. The molecule has 2 N–H and O–H groups in total. The van der Waals surface area contributed by atoms with E-state index in [1.165, 1.54) is 6.07 Å². The molecule has 0 spiro atoms. The van der Waals surface area contributed by atoms with Crippen molar-refractivity contribution in [3.05, 3.63) is 47.8 Å². The van der Waals surface area contributed by atoms with Crippen LogP contribution in [0.25, 0.3) is 0 Å². The van der Waals surface area contributed by atoms with Crippen LogP contribution >= 0.6 is 0 Å². The molecular formula is C25H33B2FN2O4. The molecule has 2 fully saturated rings. The average Bonchev–Trinajstić information content (AvgIpc) is 3.07. The minimum Gasteiger partial charge on any atom is -0.399 e. The van der Waals surface area contributed by atoms with Crippen molar-refractivity contribution in [3.63, 3.8) is 0 Å². The standard InChI is InChI=1S/C25H33B2FN2O4/c1-22(2)23(3,4)32-26(31-22)17-9-11-18(12-10-17)30-15-16-13-19(20(28)14-21(16)29)27-33-24(5,6)25(7,8)34-27/h9-15H,29H2,1-8H3. The first-order valence-electron chi connectivity index (χ1n) is 11.6. The van der Waals surface area contributed by atoms with Gasteiger partial charge in [0.1, 0.15) is 5.82 Å². The van der Waals surface area contributed by atoms with Gasteiger partial charge >= 0.3 is 14.2 Å². The van der Waals surface area contributed by atoms with E-state index in [0.29, 0.717) is 11.0 Å². The molecule has 0 saturated carbocycles. The van der Waals surface area contributed by atoms with E-state index >= 15 is 0 Å². The zero-order chi connectivity index (χ0) is 25.1. The Morgan fingerprint density at radius 3 is 1.74 bits per heavy atom. The molecule has 2 aliphatic heterocycles. The van der Waals surface area contributed by atoms with Crippen LogP contribution in [0, 0.1) is 5.82 Å². The smallest absolute Gasteiger partial charge is 0.399 e. The molecule has 0 bridgehead atoms. The van der Waals surface area contributed by atoms with Crippen LogP contribution in [-0.2, 0) is 18.6 Å². The van der Waals surface area contributed by atoms with Gasteiger partial charge in [-0.05, 0) is 85.1 Å². The summed E-state index contributed by atoms with van der Waals surface area (Å²) in [6.07, 6.45) is 1.62. The van der Waals surface area contributed by atoms with Gasteiger partial charge in [0.15, 0.2) is 0 Å². The fourth-order valence-electron chi connectivity index (χ4n) is 3.73. The highest BCUT2D eigenvalue weighted by Gasteiger charge is 2.53. The Labute approximate surface area is 202 Å². The molecule has 0 aliphatic carbocycles. The Morgan fingerprint density at radius 1 is 0.765 bits per heavy atom. The molecule has 2 aromatic carbocycles. The minimum absolute atomic E-state index is 0.287. The molecule has 180 valence electrons. The number of benzene rings is 2. The van der Waals surface area contributed by atoms with Crippen LogP contribution in [0.1, 0.15) is 61.0 Å². The largest absolute Gasteiger partial charge is 0.497 e. The lowest BCUT2D eigenvalue weighted by molar-refractivity contribution is 0.00578. The Kier molecular flexibility index (Phi) is 6.00. The quantitative estimate of drug-likeness (QED) is 0.422. The van der Waals surface area contributed by atoms with Gasteiger partial charge in [0, 0.05) is 22.9 Å². The van der Waals surface area contributed by atoms with Gasteiger partial charge in [0.05, 0.1) is 28.1 Å². The van der Waals surface area contributed by atoms with Crippen LogP contribution in [0.4, 0.5) is 15.8 Å². The van der Waals surface area contributed by atoms with E-state index in [4.69, 9.17) is 24.4 Å². The van der Waals surface area contributed by atoms with E-state index in [1.54, 1.807) is 12.3 Å². The van der Waals surface area contributed by atoms with Crippen molar-refractivity contribution in [1.29, 1.82) is 0 Å². The maximum Gasteiger partial charge on any atom is 0.497 e. The number of halogens is 1. The summed E-state index contributed by atoms with van der Waals surface area (Å²) in [5, 5.41) is 0. The third-order valence-corrected chi connectivity index (χ3v) is 7.48. The molecule has 4 rings (SSSR count). The highest BCUT2D eigenvalue weighted by molar-refractivity contribution is 6.62. The van der Waals surface area contributed by atoms with Crippen LogP contribution in [-0.4, -0.2) is 42.9 Å². The van der Waals surface area contributed by atoms with Crippen LogP contribution in [0.5, 0.6) is 0 Å². The van der Waals surface area contributed by atoms with Crippen molar-refractivity contribution in [1.82, 2.24) is 0 Å². The van der Waals surface area contributed by atoms with E-state index in [2.05, 4.69) is 4.99 Å². The van der Waals surface area contributed by atoms with E-state index in [0.717, 1.165) is 11.2 Å². The van der Waals surface area contributed by atoms with Crippen molar-refractivity contribution in [2.75, 3.05) is 5.73 Å². The summed E-state index contributed by atoms with van der Waals surface area (Å²) in [6.45, 7) is 15.8. The lowest BCUT2D eigenvalue weighted by Gasteiger charge is -2.32. The van der Waals surface area contributed by atoms with E-state index < -0.39 is 42.5 Å². The number of nitrogens with zero attached hydrogens (tertiary/aromatic N) is 1. The average molecular weight is 466 g/mol. The molecule has 0 atom stereocenters. The van der Waals surface area contributed by atoms with Crippen molar-refractivity contribution in [2.24, 2.45) is 4.99 Å². The highest BCUT2D eigenvalue weighted by atomic mass is 19.1. The molecule has 9 heteroatoms. The Bertz CT molecular complexity index is 1080. The number of aliphatic imine (C=N–C) groups is 1. The van der Waals surface area contributed by atoms with Gasteiger partial charge in [0.25, 0.3) is 0 Å². The predicted octanol–water partition coefficient (Wildman–Crippen LogP) is 3.76. The molecule has 0 aromatic heterocycles. The van der Waals surface area contributed by atoms with Crippen LogP contribution < -0.4 is 16.7 Å². The maximum absolute atomic E-state index is 14.7. The van der Waals surface area contributed by atoms with Crippen LogP contribution in [0.15, 0.2) is 41.4 Å². The van der Waals surface area contributed by atoms with Gasteiger partial charge in [-0.15, -0.1) is 0 Å². The fraction of sp³-hybridized carbons (Fsp3) is 0.480. The predicted molar refractivity (Wildman–Crippen MR) is 136 cm³/mol. The van der Waals surface area contributed by atoms with Crippen molar-refractivity contribution >= 4 is 42.8 Å².